The molecule has 1 fully saturated rings. The Morgan fingerprint density at radius 3 is 2.64 bits per heavy atom. The van der Waals surface area contributed by atoms with E-state index in [0.717, 1.165) is 34.7 Å². The third kappa shape index (κ3) is 2.85. The monoisotopic (exact) mass is 391 g/mol. The van der Waals surface area contributed by atoms with Crippen molar-refractivity contribution in [3.05, 3.63) is 59.4 Å². The van der Waals surface area contributed by atoms with Gasteiger partial charge in [0.05, 0.1) is 10.2 Å². The van der Waals surface area contributed by atoms with Crippen LogP contribution < -0.4 is 4.90 Å². The molecule has 1 amide bonds. The molecular weight excluding hydrogens is 370 g/mol. The number of hydrogen-bond donors (Lipinski definition) is 0. The normalized spacial score (nSPS) is 14.9. The molecular formula is C22H21N3O2S. The van der Waals surface area contributed by atoms with E-state index >= 15 is 0 Å². The molecule has 1 aliphatic heterocycles. The summed E-state index contributed by atoms with van der Waals surface area (Å²) in [6.45, 7) is 7.16. The predicted octanol–water partition coefficient (Wildman–Crippen LogP) is 4.62. The standard InChI is InChI=1S/C22H21N3O2S/c1-14-7-8-19-20(15(14)2)23-22(28-19)25-11-9-24(10-12-25)21(26)18-13-16-5-3-4-6-17(16)27-18/h3-8,13H,9-12H2,1-2H3. The molecule has 0 saturated carbocycles. The number of para-hydroxylation sites is 1. The van der Waals surface area contributed by atoms with Crippen LogP contribution in [0.3, 0.4) is 0 Å². The molecule has 5 rings (SSSR count). The van der Waals surface area contributed by atoms with E-state index in [-0.39, 0.29) is 5.91 Å². The van der Waals surface area contributed by atoms with Gasteiger partial charge in [0.2, 0.25) is 0 Å². The minimum atomic E-state index is -0.0355. The summed E-state index contributed by atoms with van der Waals surface area (Å²) < 4.78 is 6.96. The molecule has 3 heterocycles. The maximum absolute atomic E-state index is 12.8. The molecule has 0 radical (unpaired) electrons. The first-order valence-electron chi connectivity index (χ1n) is 9.50. The molecule has 28 heavy (non-hydrogen) atoms. The van der Waals surface area contributed by atoms with Crippen LogP contribution in [-0.2, 0) is 0 Å². The third-order valence-corrected chi connectivity index (χ3v) is 6.63. The molecule has 2 aromatic heterocycles. The van der Waals surface area contributed by atoms with Gasteiger partial charge in [0.15, 0.2) is 10.9 Å². The van der Waals surface area contributed by atoms with Gasteiger partial charge in [-0.25, -0.2) is 4.98 Å². The summed E-state index contributed by atoms with van der Waals surface area (Å²) in [6.07, 6.45) is 0. The van der Waals surface area contributed by atoms with Crippen LogP contribution in [0.5, 0.6) is 0 Å². The first-order valence-corrected chi connectivity index (χ1v) is 10.3. The van der Waals surface area contributed by atoms with Gasteiger partial charge >= 0.3 is 0 Å². The highest BCUT2D eigenvalue weighted by Gasteiger charge is 2.26. The lowest BCUT2D eigenvalue weighted by atomic mass is 10.1. The Labute approximate surface area is 167 Å². The number of piperazine rings is 1. The molecule has 0 N–H and O–H groups in total. The zero-order valence-corrected chi connectivity index (χ0v) is 16.8. The van der Waals surface area contributed by atoms with Crippen LogP contribution in [0.15, 0.2) is 46.9 Å². The van der Waals surface area contributed by atoms with Gasteiger partial charge in [-0.15, -0.1) is 0 Å². The van der Waals surface area contributed by atoms with Crippen molar-refractivity contribution in [2.75, 3.05) is 31.1 Å². The summed E-state index contributed by atoms with van der Waals surface area (Å²) >= 11 is 1.73. The number of anilines is 1. The number of furan rings is 1. The quantitative estimate of drug-likeness (QED) is 0.500. The lowest BCUT2D eigenvalue weighted by Gasteiger charge is -2.34. The zero-order chi connectivity index (χ0) is 19.3. The van der Waals surface area contributed by atoms with Gasteiger partial charge < -0.3 is 14.2 Å². The maximum atomic E-state index is 12.8. The van der Waals surface area contributed by atoms with E-state index in [0.29, 0.717) is 18.8 Å². The van der Waals surface area contributed by atoms with Gasteiger partial charge in [-0.3, -0.25) is 4.79 Å². The van der Waals surface area contributed by atoms with Crippen LogP contribution in [0.4, 0.5) is 5.13 Å². The van der Waals surface area contributed by atoms with Crippen molar-refractivity contribution in [3.63, 3.8) is 0 Å². The molecule has 0 unspecified atom stereocenters. The molecule has 1 aliphatic rings. The highest BCUT2D eigenvalue weighted by atomic mass is 32.1. The maximum Gasteiger partial charge on any atom is 0.289 e. The number of fused-ring (bicyclic) bond motifs is 2. The summed E-state index contributed by atoms with van der Waals surface area (Å²) in [6, 6.07) is 13.9. The fourth-order valence-corrected chi connectivity index (χ4v) is 4.77. The number of aryl methyl sites for hydroxylation is 2. The number of hydrogen-bond acceptors (Lipinski definition) is 5. The van der Waals surface area contributed by atoms with E-state index in [4.69, 9.17) is 9.40 Å². The molecule has 0 aliphatic carbocycles. The van der Waals surface area contributed by atoms with Crippen LogP contribution in [0.1, 0.15) is 21.7 Å². The number of carbonyl (C=O) groups excluding carboxylic acids is 1. The topological polar surface area (TPSA) is 49.6 Å². The Balaban J connectivity index is 1.32. The van der Waals surface area contributed by atoms with Crippen molar-refractivity contribution < 1.29 is 9.21 Å². The molecule has 142 valence electrons. The summed E-state index contributed by atoms with van der Waals surface area (Å²) in [4.78, 5) is 21.9. The summed E-state index contributed by atoms with van der Waals surface area (Å²) in [5.74, 6) is 0.382. The molecule has 4 aromatic rings. The Morgan fingerprint density at radius 1 is 1.07 bits per heavy atom. The number of amides is 1. The van der Waals surface area contributed by atoms with E-state index < -0.39 is 0 Å². The molecule has 0 atom stereocenters. The van der Waals surface area contributed by atoms with Crippen LogP contribution in [-0.4, -0.2) is 42.0 Å². The van der Waals surface area contributed by atoms with Crippen molar-refractivity contribution in [2.45, 2.75) is 13.8 Å². The van der Waals surface area contributed by atoms with Gasteiger partial charge in [0, 0.05) is 31.6 Å². The van der Waals surface area contributed by atoms with E-state index in [1.54, 1.807) is 11.3 Å². The van der Waals surface area contributed by atoms with E-state index in [1.165, 1.54) is 15.8 Å². The Morgan fingerprint density at radius 2 is 1.86 bits per heavy atom. The van der Waals surface area contributed by atoms with Gasteiger partial charge in [-0.05, 0) is 43.2 Å². The fourth-order valence-electron chi connectivity index (χ4n) is 3.69. The van der Waals surface area contributed by atoms with Crippen molar-refractivity contribution in [3.8, 4) is 0 Å². The number of aromatic nitrogens is 1. The highest BCUT2D eigenvalue weighted by Crippen LogP contribution is 2.32. The Kier molecular flexibility index (Phi) is 4.09. The fraction of sp³-hybridized carbons (Fsp3) is 0.273. The molecule has 6 heteroatoms. The second-order valence-corrected chi connectivity index (χ2v) is 8.29. The SMILES string of the molecule is Cc1ccc2sc(N3CCN(C(=O)c4cc5ccccc5o4)CC3)nc2c1C. The number of rotatable bonds is 2. The minimum absolute atomic E-state index is 0.0355. The summed E-state index contributed by atoms with van der Waals surface area (Å²) in [5, 5.41) is 2.00. The molecule has 0 bridgehead atoms. The average molecular weight is 391 g/mol. The molecule has 1 saturated heterocycles. The molecule has 0 spiro atoms. The smallest absolute Gasteiger partial charge is 0.289 e. The number of nitrogens with zero attached hydrogens (tertiary/aromatic N) is 3. The van der Waals surface area contributed by atoms with Crippen LogP contribution >= 0.6 is 11.3 Å². The largest absolute Gasteiger partial charge is 0.451 e. The van der Waals surface area contributed by atoms with Gasteiger partial charge in [-0.1, -0.05) is 35.6 Å². The van der Waals surface area contributed by atoms with Crippen LogP contribution in [0.2, 0.25) is 0 Å². The van der Waals surface area contributed by atoms with Crippen LogP contribution in [0, 0.1) is 13.8 Å². The summed E-state index contributed by atoms with van der Waals surface area (Å²) in [7, 11) is 0. The van der Waals surface area contributed by atoms with Gasteiger partial charge in [0.25, 0.3) is 5.91 Å². The number of thiazole rings is 1. The van der Waals surface area contributed by atoms with Gasteiger partial charge in [0.1, 0.15) is 5.58 Å². The second-order valence-electron chi connectivity index (χ2n) is 7.28. The van der Waals surface area contributed by atoms with Crippen molar-refractivity contribution in [1.82, 2.24) is 9.88 Å². The highest BCUT2D eigenvalue weighted by molar-refractivity contribution is 7.22. The average Bonchev–Trinajstić information content (AvgIpc) is 3.35. The van der Waals surface area contributed by atoms with Crippen molar-refractivity contribution >= 4 is 43.6 Å². The van der Waals surface area contributed by atoms with E-state index in [9.17, 15) is 4.79 Å². The zero-order valence-electron chi connectivity index (χ0n) is 15.9. The number of carbonyl (C=O) groups is 1. The first-order chi connectivity index (χ1) is 13.6. The first kappa shape index (κ1) is 17.3. The lowest BCUT2D eigenvalue weighted by molar-refractivity contribution is 0.0717. The molecule has 2 aromatic carbocycles. The minimum Gasteiger partial charge on any atom is -0.451 e. The third-order valence-electron chi connectivity index (χ3n) is 5.55. The van der Waals surface area contributed by atoms with Crippen molar-refractivity contribution in [2.24, 2.45) is 0 Å². The number of benzene rings is 2. The van der Waals surface area contributed by atoms with Crippen molar-refractivity contribution in [1.29, 1.82) is 0 Å². The second kappa shape index (κ2) is 6.63. The molecule has 5 nitrogen and oxygen atoms in total. The van der Waals surface area contributed by atoms with E-state index in [2.05, 4.69) is 30.9 Å². The van der Waals surface area contributed by atoms with E-state index in [1.807, 2.05) is 35.2 Å². The lowest BCUT2D eigenvalue weighted by Crippen LogP contribution is -2.48. The Hall–Kier alpha value is -2.86. The van der Waals surface area contributed by atoms with Crippen LogP contribution in [0.25, 0.3) is 21.2 Å². The Bertz CT molecular complexity index is 1150. The summed E-state index contributed by atoms with van der Waals surface area (Å²) in [5.41, 5.74) is 4.37. The predicted molar refractivity (Wildman–Crippen MR) is 113 cm³/mol. The van der Waals surface area contributed by atoms with Gasteiger partial charge in [-0.2, -0.15) is 0 Å².